The normalized spacial score (nSPS) is 17.5. The van der Waals surface area contributed by atoms with Gasteiger partial charge in [-0.1, -0.05) is 6.07 Å². The third kappa shape index (κ3) is 4.02. The second kappa shape index (κ2) is 8.65. The Labute approximate surface area is 180 Å². The first kappa shape index (κ1) is 20.7. The van der Waals surface area contributed by atoms with E-state index >= 15 is 0 Å². The van der Waals surface area contributed by atoms with Gasteiger partial charge in [0, 0.05) is 42.8 Å². The molecule has 7 nitrogen and oxygen atoms in total. The first-order valence-electron chi connectivity index (χ1n) is 10.4. The number of carbonyl (C=O) groups excluding carboxylic acids is 2. The lowest BCUT2D eigenvalue weighted by atomic mass is 10.1. The smallest absolute Gasteiger partial charge is 0.251 e. The first-order valence-corrected chi connectivity index (χ1v) is 11.2. The minimum atomic E-state index is -0.454. The van der Waals surface area contributed by atoms with Crippen molar-refractivity contribution in [1.82, 2.24) is 4.90 Å². The van der Waals surface area contributed by atoms with Gasteiger partial charge in [0.05, 0.1) is 18.7 Å². The molecule has 1 fully saturated rings. The monoisotopic (exact) mass is 428 g/mol. The molecule has 2 amide bonds. The number of rotatable bonds is 6. The van der Waals surface area contributed by atoms with Crippen LogP contribution in [0.2, 0.25) is 0 Å². The third-order valence-corrected chi connectivity index (χ3v) is 7.27. The number of methoxy groups -OCH3 is 1. The molecule has 1 aromatic heterocycles. The number of thiophene rings is 1. The Morgan fingerprint density at radius 2 is 1.97 bits per heavy atom. The number of carbonyl (C=O) groups is 2. The maximum Gasteiger partial charge on any atom is 0.251 e. The molecule has 2 heterocycles. The molecule has 8 heteroatoms. The van der Waals surface area contributed by atoms with Gasteiger partial charge in [-0.15, -0.1) is 11.3 Å². The van der Waals surface area contributed by atoms with E-state index in [-0.39, 0.29) is 11.9 Å². The van der Waals surface area contributed by atoms with Gasteiger partial charge in [0.1, 0.15) is 10.8 Å². The van der Waals surface area contributed by atoms with Crippen LogP contribution in [0.1, 0.15) is 34.1 Å². The van der Waals surface area contributed by atoms with Gasteiger partial charge in [0.25, 0.3) is 5.91 Å². The highest BCUT2D eigenvalue weighted by Crippen LogP contribution is 2.39. The SMILES string of the molecule is COc1cccc(N2CCN(C(C)C(=O)Nc3sc4c(c3C(N)=O)CCC4)CC2)c1. The highest BCUT2D eigenvalue weighted by molar-refractivity contribution is 7.17. The summed E-state index contributed by atoms with van der Waals surface area (Å²) in [5, 5.41) is 3.59. The molecule has 1 aliphatic carbocycles. The van der Waals surface area contributed by atoms with E-state index in [0.29, 0.717) is 10.6 Å². The minimum absolute atomic E-state index is 0.0905. The molecule has 1 unspecified atom stereocenters. The average Bonchev–Trinajstić information content (AvgIpc) is 3.34. The van der Waals surface area contributed by atoms with Crippen molar-refractivity contribution in [2.75, 3.05) is 43.5 Å². The molecule has 1 aromatic carbocycles. The summed E-state index contributed by atoms with van der Waals surface area (Å²) in [7, 11) is 1.67. The summed E-state index contributed by atoms with van der Waals surface area (Å²) in [6.45, 7) is 5.17. The molecule has 0 radical (unpaired) electrons. The zero-order chi connectivity index (χ0) is 21.3. The van der Waals surface area contributed by atoms with Crippen LogP contribution in [-0.2, 0) is 17.6 Å². The molecule has 2 aromatic rings. The highest BCUT2D eigenvalue weighted by atomic mass is 32.1. The van der Waals surface area contributed by atoms with E-state index in [1.807, 2.05) is 25.1 Å². The molecule has 4 rings (SSSR count). The van der Waals surface area contributed by atoms with Crippen LogP contribution in [0.3, 0.4) is 0 Å². The molecule has 1 atom stereocenters. The summed E-state index contributed by atoms with van der Waals surface area (Å²) < 4.78 is 5.32. The topological polar surface area (TPSA) is 87.9 Å². The number of nitrogens with two attached hydrogens (primary N) is 1. The van der Waals surface area contributed by atoms with Crippen LogP contribution in [0.4, 0.5) is 10.7 Å². The summed E-state index contributed by atoms with van der Waals surface area (Å²) in [6, 6.07) is 7.76. The molecule has 3 N–H and O–H groups in total. The van der Waals surface area contributed by atoms with Gasteiger partial charge in [0.15, 0.2) is 0 Å². The number of aryl methyl sites for hydroxylation is 1. The van der Waals surface area contributed by atoms with Crippen LogP contribution in [0.25, 0.3) is 0 Å². The lowest BCUT2D eigenvalue weighted by Crippen LogP contribution is -2.52. The van der Waals surface area contributed by atoms with Crippen LogP contribution in [0.15, 0.2) is 24.3 Å². The summed E-state index contributed by atoms with van der Waals surface area (Å²) >= 11 is 1.50. The van der Waals surface area contributed by atoms with E-state index in [0.717, 1.165) is 62.4 Å². The number of anilines is 2. The van der Waals surface area contributed by atoms with Crippen molar-refractivity contribution < 1.29 is 14.3 Å². The lowest BCUT2D eigenvalue weighted by Gasteiger charge is -2.38. The minimum Gasteiger partial charge on any atom is -0.497 e. The zero-order valence-electron chi connectivity index (χ0n) is 17.4. The Morgan fingerprint density at radius 1 is 1.20 bits per heavy atom. The number of hydrogen-bond donors (Lipinski definition) is 2. The third-order valence-electron chi connectivity index (χ3n) is 6.06. The van der Waals surface area contributed by atoms with Gasteiger partial charge < -0.3 is 20.7 Å². The van der Waals surface area contributed by atoms with Crippen molar-refractivity contribution in [3.05, 3.63) is 40.3 Å². The average molecular weight is 429 g/mol. The van der Waals surface area contributed by atoms with Crippen molar-refractivity contribution >= 4 is 33.8 Å². The number of amides is 2. The van der Waals surface area contributed by atoms with Crippen molar-refractivity contribution in [3.63, 3.8) is 0 Å². The van der Waals surface area contributed by atoms with Crippen LogP contribution >= 0.6 is 11.3 Å². The van der Waals surface area contributed by atoms with E-state index in [4.69, 9.17) is 10.5 Å². The molecule has 2 aliphatic rings. The molecule has 1 aliphatic heterocycles. The second-order valence-corrected chi connectivity index (χ2v) is 8.92. The summed E-state index contributed by atoms with van der Waals surface area (Å²) in [4.78, 5) is 30.5. The molecular formula is C22H28N4O3S. The number of nitrogens with one attached hydrogen (secondary N) is 1. The molecule has 160 valence electrons. The molecule has 0 bridgehead atoms. The van der Waals surface area contributed by atoms with Crippen LogP contribution < -0.4 is 20.7 Å². The summed E-state index contributed by atoms with van der Waals surface area (Å²) in [6.07, 6.45) is 2.86. The van der Waals surface area contributed by atoms with E-state index in [9.17, 15) is 9.59 Å². The van der Waals surface area contributed by atoms with E-state index < -0.39 is 5.91 Å². The molecule has 0 saturated carbocycles. The van der Waals surface area contributed by atoms with Gasteiger partial charge in [-0.2, -0.15) is 0 Å². The van der Waals surface area contributed by atoms with E-state index in [1.165, 1.54) is 16.2 Å². The predicted octanol–water partition coefficient (Wildman–Crippen LogP) is 2.49. The second-order valence-electron chi connectivity index (χ2n) is 7.82. The van der Waals surface area contributed by atoms with Crippen molar-refractivity contribution in [2.24, 2.45) is 5.73 Å². The number of ether oxygens (including phenoxy) is 1. The maximum absolute atomic E-state index is 12.9. The zero-order valence-corrected chi connectivity index (χ0v) is 18.3. The number of primary amides is 1. The fourth-order valence-corrected chi connectivity index (χ4v) is 5.61. The number of benzene rings is 1. The van der Waals surface area contributed by atoms with Gasteiger partial charge >= 0.3 is 0 Å². The Balaban J connectivity index is 1.38. The van der Waals surface area contributed by atoms with Crippen molar-refractivity contribution in [1.29, 1.82) is 0 Å². The Hall–Kier alpha value is -2.58. The molecule has 1 saturated heterocycles. The van der Waals surface area contributed by atoms with Gasteiger partial charge in [-0.25, -0.2) is 0 Å². The summed E-state index contributed by atoms with van der Waals surface area (Å²) in [5.74, 6) is 0.298. The predicted molar refractivity (Wildman–Crippen MR) is 120 cm³/mol. The fraction of sp³-hybridized carbons (Fsp3) is 0.455. The Morgan fingerprint density at radius 3 is 2.67 bits per heavy atom. The highest BCUT2D eigenvalue weighted by Gasteiger charge is 2.30. The Kier molecular flexibility index (Phi) is 5.97. The lowest BCUT2D eigenvalue weighted by molar-refractivity contribution is -0.120. The van der Waals surface area contributed by atoms with Gasteiger partial charge in [-0.05, 0) is 43.9 Å². The number of piperazine rings is 1. The van der Waals surface area contributed by atoms with Crippen LogP contribution in [0.5, 0.6) is 5.75 Å². The standard InChI is InChI=1S/C22H28N4O3S/c1-14(21(28)24-22-19(20(23)27)17-7-4-8-18(17)30-22)25-9-11-26(12-10-25)15-5-3-6-16(13-15)29-2/h3,5-6,13-14H,4,7-12H2,1-2H3,(H2,23,27)(H,24,28). The van der Waals surface area contributed by atoms with Crippen LogP contribution in [0, 0.1) is 0 Å². The molecule has 30 heavy (non-hydrogen) atoms. The fourth-order valence-electron chi connectivity index (χ4n) is 4.31. The molecular weight excluding hydrogens is 400 g/mol. The van der Waals surface area contributed by atoms with E-state index in [2.05, 4.69) is 21.2 Å². The van der Waals surface area contributed by atoms with Gasteiger partial charge in [-0.3, -0.25) is 14.5 Å². The molecule has 0 spiro atoms. The number of nitrogens with zero attached hydrogens (tertiary/aromatic N) is 2. The van der Waals surface area contributed by atoms with Crippen molar-refractivity contribution in [3.8, 4) is 5.75 Å². The summed E-state index contributed by atoms with van der Waals surface area (Å²) in [5.41, 5.74) is 8.28. The number of fused-ring (bicyclic) bond motifs is 1. The van der Waals surface area contributed by atoms with Gasteiger partial charge in [0.2, 0.25) is 5.91 Å². The largest absolute Gasteiger partial charge is 0.497 e. The van der Waals surface area contributed by atoms with E-state index in [1.54, 1.807) is 7.11 Å². The number of hydrogen-bond acceptors (Lipinski definition) is 6. The maximum atomic E-state index is 12.9. The van der Waals surface area contributed by atoms with Crippen molar-refractivity contribution in [2.45, 2.75) is 32.2 Å². The first-order chi connectivity index (χ1) is 14.5. The van der Waals surface area contributed by atoms with Crippen LogP contribution in [-0.4, -0.2) is 56.0 Å². The quantitative estimate of drug-likeness (QED) is 0.738. The Bertz CT molecular complexity index is 950.